The van der Waals surface area contributed by atoms with Crippen LogP contribution >= 0.6 is 15.9 Å². The summed E-state index contributed by atoms with van der Waals surface area (Å²) in [4.78, 5) is 38.1. The summed E-state index contributed by atoms with van der Waals surface area (Å²) in [7, 11) is 0. The van der Waals surface area contributed by atoms with Gasteiger partial charge in [0.1, 0.15) is 12.1 Å². The molecule has 7 heteroatoms. The molecule has 0 aliphatic carbocycles. The van der Waals surface area contributed by atoms with Gasteiger partial charge in [-0.3, -0.25) is 14.5 Å². The van der Waals surface area contributed by atoms with Crippen molar-refractivity contribution in [3.8, 4) is 0 Å². The molecule has 1 aliphatic rings. The van der Waals surface area contributed by atoms with Gasteiger partial charge in [0, 0.05) is 10.2 Å². The molecule has 4 amide bonds. The maximum absolute atomic E-state index is 12.8. The average Bonchev–Trinajstić information content (AvgIpc) is 2.80. The van der Waals surface area contributed by atoms with E-state index in [9.17, 15) is 14.4 Å². The molecule has 1 heterocycles. The van der Waals surface area contributed by atoms with Crippen LogP contribution in [0.5, 0.6) is 0 Å². The number of anilines is 1. The number of urea groups is 1. The van der Waals surface area contributed by atoms with E-state index in [-0.39, 0.29) is 6.54 Å². The molecule has 25 heavy (non-hydrogen) atoms. The first kappa shape index (κ1) is 17.2. The minimum absolute atomic E-state index is 0.344. The van der Waals surface area contributed by atoms with Crippen molar-refractivity contribution in [3.63, 3.8) is 0 Å². The van der Waals surface area contributed by atoms with Crippen molar-refractivity contribution in [2.75, 3.05) is 11.9 Å². The van der Waals surface area contributed by atoms with Crippen LogP contribution in [0.1, 0.15) is 12.5 Å². The number of nitrogens with zero attached hydrogens (tertiary/aromatic N) is 1. The minimum atomic E-state index is -1.20. The van der Waals surface area contributed by atoms with Crippen molar-refractivity contribution in [2.45, 2.75) is 12.5 Å². The molecule has 2 N–H and O–H groups in total. The second-order valence-corrected chi connectivity index (χ2v) is 6.79. The van der Waals surface area contributed by atoms with Gasteiger partial charge in [-0.05, 0) is 36.8 Å². The fraction of sp³-hybridized carbons (Fsp3) is 0.167. The summed E-state index contributed by atoms with van der Waals surface area (Å²) in [6, 6.07) is 15.4. The molecule has 0 aromatic heterocycles. The van der Waals surface area contributed by atoms with Gasteiger partial charge in [-0.2, -0.15) is 0 Å². The van der Waals surface area contributed by atoms with Crippen molar-refractivity contribution in [1.29, 1.82) is 0 Å². The van der Waals surface area contributed by atoms with Crippen molar-refractivity contribution in [2.24, 2.45) is 0 Å². The Bertz CT molecular complexity index is 840. The Morgan fingerprint density at radius 3 is 2.56 bits per heavy atom. The molecule has 2 aromatic rings. The fourth-order valence-corrected chi connectivity index (χ4v) is 3.10. The molecule has 0 bridgehead atoms. The quantitative estimate of drug-likeness (QED) is 0.773. The van der Waals surface area contributed by atoms with Gasteiger partial charge in [0.25, 0.3) is 5.91 Å². The van der Waals surface area contributed by atoms with E-state index in [0.29, 0.717) is 11.3 Å². The zero-order valence-corrected chi connectivity index (χ0v) is 15.0. The van der Waals surface area contributed by atoms with E-state index in [4.69, 9.17) is 0 Å². The van der Waals surface area contributed by atoms with Gasteiger partial charge in [0.15, 0.2) is 0 Å². The summed E-state index contributed by atoms with van der Waals surface area (Å²) >= 11 is 3.36. The number of hydrogen-bond donors (Lipinski definition) is 2. The number of rotatable bonds is 4. The topological polar surface area (TPSA) is 78.5 Å². The number of imide groups is 1. The van der Waals surface area contributed by atoms with Crippen LogP contribution in [0, 0.1) is 0 Å². The van der Waals surface area contributed by atoms with Crippen LogP contribution < -0.4 is 10.6 Å². The molecule has 1 atom stereocenters. The number of hydrogen-bond acceptors (Lipinski definition) is 3. The maximum atomic E-state index is 12.8. The highest BCUT2D eigenvalue weighted by Crippen LogP contribution is 2.30. The number of carbonyl (C=O) groups is 3. The van der Waals surface area contributed by atoms with Crippen LogP contribution in [0.3, 0.4) is 0 Å². The number of benzene rings is 2. The molecular weight excluding hydrogens is 386 g/mol. The van der Waals surface area contributed by atoms with E-state index >= 15 is 0 Å². The van der Waals surface area contributed by atoms with Gasteiger partial charge in [0.05, 0.1) is 0 Å². The lowest BCUT2D eigenvalue weighted by Crippen LogP contribution is -2.42. The average molecular weight is 402 g/mol. The van der Waals surface area contributed by atoms with E-state index in [2.05, 4.69) is 26.6 Å². The Hall–Kier alpha value is -2.67. The molecule has 6 nitrogen and oxygen atoms in total. The molecule has 0 saturated carbocycles. The van der Waals surface area contributed by atoms with Crippen LogP contribution in [0.2, 0.25) is 0 Å². The number of nitrogens with one attached hydrogen (secondary N) is 2. The standard InChI is InChI=1S/C18H16BrN3O3/c1-18(12-6-5-7-13(19)10-12)16(24)22(17(25)21-18)11-15(23)20-14-8-3-2-4-9-14/h2-10H,11H2,1H3,(H,20,23)(H,21,25)/t18-/m1/s1. The van der Waals surface area contributed by atoms with E-state index in [0.717, 1.165) is 9.37 Å². The van der Waals surface area contributed by atoms with Gasteiger partial charge < -0.3 is 10.6 Å². The SMILES string of the molecule is C[C@]1(c2cccc(Br)c2)NC(=O)N(CC(=O)Nc2ccccc2)C1=O. The Labute approximate surface area is 153 Å². The van der Waals surface area contributed by atoms with E-state index in [1.165, 1.54) is 0 Å². The summed E-state index contributed by atoms with van der Waals surface area (Å²) in [5, 5.41) is 5.35. The first-order chi connectivity index (χ1) is 11.9. The number of carbonyl (C=O) groups excluding carboxylic acids is 3. The Balaban J connectivity index is 1.76. The molecule has 0 spiro atoms. The highest BCUT2D eigenvalue weighted by Gasteiger charge is 2.49. The lowest BCUT2D eigenvalue weighted by Gasteiger charge is -2.22. The molecule has 0 unspecified atom stereocenters. The number of para-hydroxylation sites is 1. The zero-order chi connectivity index (χ0) is 18.0. The Morgan fingerprint density at radius 1 is 1.16 bits per heavy atom. The van der Waals surface area contributed by atoms with Crippen LogP contribution in [-0.2, 0) is 15.1 Å². The summed E-state index contributed by atoms with van der Waals surface area (Å²) in [5.41, 5.74) is 0.0500. The molecule has 1 aliphatic heterocycles. The van der Waals surface area contributed by atoms with E-state index in [1.54, 1.807) is 49.4 Å². The van der Waals surface area contributed by atoms with E-state index in [1.807, 2.05) is 12.1 Å². The maximum Gasteiger partial charge on any atom is 0.325 e. The fourth-order valence-electron chi connectivity index (χ4n) is 2.70. The molecule has 128 valence electrons. The lowest BCUT2D eigenvalue weighted by molar-refractivity contribution is -0.133. The second kappa shape index (κ2) is 6.68. The van der Waals surface area contributed by atoms with Gasteiger partial charge in [-0.15, -0.1) is 0 Å². The van der Waals surface area contributed by atoms with Gasteiger partial charge in [0.2, 0.25) is 5.91 Å². The van der Waals surface area contributed by atoms with Crippen molar-refractivity contribution < 1.29 is 14.4 Å². The van der Waals surface area contributed by atoms with Crippen LogP contribution in [0.4, 0.5) is 10.5 Å². The molecular formula is C18H16BrN3O3. The molecule has 1 fully saturated rings. The molecule has 3 rings (SSSR count). The second-order valence-electron chi connectivity index (χ2n) is 5.87. The highest BCUT2D eigenvalue weighted by molar-refractivity contribution is 9.10. The summed E-state index contributed by atoms with van der Waals surface area (Å²) in [6.45, 7) is 1.28. The Kier molecular flexibility index (Phi) is 4.59. The van der Waals surface area contributed by atoms with Crippen molar-refractivity contribution >= 4 is 39.5 Å². The largest absolute Gasteiger partial charge is 0.325 e. The first-order valence-corrected chi connectivity index (χ1v) is 8.44. The third-order valence-corrected chi connectivity index (χ3v) is 4.53. The molecule has 0 radical (unpaired) electrons. The predicted octanol–water partition coefficient (Wildman–Crippen LogP) is 2.85. The summed E-state index contributed by atoms with van der Waals surface area (Å²) in [6.07, 6.45) is 0. The van der Waals surface area contributed by atoms with Gasteiger partial charge in [-0.25, -0.2) is 4.79 Å². The predicted molar refractivity (Wildman–Crippen MR) is 96.8 cm³/mol. The van der Waals surface area contributed by atoms with Crippen molar-refractivity contribution in [3.05, 3.63) is 64.6 Å². The van der Waals surface area contributed by atoms with Gasteiger partial charge in [-0.1, -0.05) is 46.3 Å². The first-order valence-electron chi connectivity index (χ1n) is 7.65. The van der Waals surface area contributed by atoms with Crippen LogP contribution in [-0.4, -0.2) is 29.3 Å². The lowest BCUT2D eigenvalue weighted by atomic mass is 9.92. The number of amides is 4. The molecule has 2 aromatic carbocycles. The zero-order valence-electron chi connectivity index (χ0n) is 13.5. The third-order valence-electron chi connectivity index (χ3n) is 4.04. The monoisotopic (exact) mass is 401 g/mol. The Morgan fingerprint density at radius 2 is 1.88 bits per heavy atom. The van der Waals surface area contributed by atoms with E-state index < -0.39 is 23.4 Å². The normalized spacial score (nSPS) is 19.7. The minimum Gasteiger partial charge on any atom is -0.325 e. The summed E-state index contributed by atoms with van der Waals surface area (Å²) in [5.74, 6) is -0.896. The van der Waals surface area contributed by atoms with Crippen LogP contribution in [0.15, 0.2) is 59.1 Å². The number of halogens is 1. The van der Waals surface area contributed by atoms with Crippen molar-refractivity contribution in [1.82, 2.24) is 10.2 Å². The highest BCUT2D eigenvalue weighted by atomic mass is 79.9. The van der Waals surface area contributed by atoms with Gasteiger partial charge >= 0.3 is 6.03 Å². The molecule has 1 saturated heterocycles. The van der Waals surface area contributed by atoms with Crippen LogP contribution in [0.25, 0.3) is 0 Å². The smallest absolute Gasteiger partial charge is 0.325 e. The summed E-state index contributed by atoms with van der Waals surface area (Å²) < 4.78 is 0.800. The third kappa shape index (κ3) is 3.41.